The number of rotatable bonds is 6. The fourth-order valence-corrected chi connectivity index (χ4v) is 4.06. The summed E-state index contributed by atoms with van der Waals surface area (Å²) in [6.07, 6.45) is -0.225. The molecule has 7 nitrogen and oxygen atoms in total. The summed E-state index contributed by atoms with van der Waals surface area (Å²) < 4.78 is 31.3. The number of nitrogens with one attached hydrogen (secondary N) is 1. The van der Waals surface area contributed by atoms with E-state index >= 15 is 0 Å². The molecule has 0 atom stereocenters. The number of benzene rings is 2. The van der Waals surface area contributed by atoms with Crippen molar-refractivity contribution >= 4 is 43.5 Å². The van der Waals surface area contributed by atoms with Crippen LogP contribution in [0.3, 0.4) is 0 Å². The Morgan fingerprint density at radius 3 is 2.14 bits per heavy atom. The van der Waals surface area contributed by atoms with E-state index in [1.165, 1.54) is 32.3 Å². The monoisotopic (exact) mass is 468 g/mol. The lowest BCUT2D eigenvalue weighted by Crippen LogP contribution is -2.23. The number of nitrogens with zero attached hydrogens (tertiary/aromatic N) is 1. The Labute approximate surface area is 172 Å². The standard InChI is InChI=1S/C19H21BrN2O5S/c1-12(2)27-19(24)13-5-8-15(9-6-13)21-18(23)14-7-10-16(20)17(11-14)28(25,26)22(3)4/h5-12H,1-4H3,(H,21,23). The Hall–Kier alpha value is -2.23. The second-order valence-corrected chi connectivity index (χ2v) is 9.39. The SMILES string of the molecule is CC(C)OC(=O)c1ccc(NC(=O)c2ccc(Br)c(S(=O)(=O)N(C)C)c2)cc1. The van der Waals surface area contributed by atoms with Crippen LogP contribution in [-0.4, -0.2) is 44.8 Å². The van der Waals surface area contributed by atoms with Gasteiger partial charge in [-0.05, 0) is 72.2 Å². The van der Waals surface area contributed by atoms with Crippen LogP contribution in [-0.2, 0) is 14.8 Å². The van der Waals surface area contributed by atoms with E-state index < -0.39 is 21.9 Å². The second kappa shape index (κ2) is 8.85. The van der Waals surface area contributed by atoms with E-state index in [2.05, 4.69) is 21.2 Å². The maximum atomic E-state index is 12.5. The van der Waals surface area contributed by atoms with Crippen LogP contribution in [0.25, 0.3) is 0 Å². The van der Waals surface area contributed by atoms with Crippen LogP contribution in [0.5, 0.6) is 0 Å². The molecule has 0 saturated heterocycles. The first kappa shape index (κ1) is 22.1. The van der Waals surface area contributed by atoms with E-state index in [9.17, 15) is 18.0 Å². The lowest BCUT2D eigenvalue weighted by Gasteiger charge is -2.14. The number of esters is 1. The Bertz CT molecular complexity index is 986. The Kier molecular flexibility index (Phi) is 6.97. The van der Waals surface area contributed by atoms with Gasteiger partial charge in [-0.3, -0.25) is 4.79 Å². The van der Waals surface area contributed by atoms with E-state index in [-0.39, 0.29) is 16.6 Å². The molecule has 2 aromatic carbocycles. The topological polar surface area (TPSA) is 92.8 Å². The van der Waals surface area contributed by atoms with Crippen molar-refractivity contribution in [2.75, 3.05) is 19.4 Å². The van der Waals surface area contributed by atoms with E-state index in [1.807, 2.05) is 0 Å². The van der Waals surface area contributed by atoms with Crippen molar-refractivity contribution in [2.45, 2.75) is 24.8 Å². The summed E-state index contributed by atoms with van der Waals surface area (Å²) in [5.41, 5.74) is 1.02. The fraction of sp³-hybridized carbons (Fsp3) is 0.263. The van der Waals surface area contributed by atoms with Gasteiger partial charge in [0.25, 0.3) is 5.91 Å². The first-order valence-corrected chi connectivity index (χ1v) is 10.6. The molecule has 9 heteroatoms. The molecule has 1 amide bonds. The van der Waals surface area contributed by atoms with Gasteiger partial charge in [0.15, 0.2) is 0 Å². The van der Waals surface area contributed by atoms with Gasteiger partial charge in [-0.2, -0.15) is 0 Å². The van der Waals surface area contributed by atoms with E-state index in [1.54, 1.807) is 38.1 Å². The number of amides is 1. The molecule has 0 saturated carbocycles. The second-order valence-electron chi connectivity index (χ2n) is 6.42. The minimum Gasteiger partial charge on any atom is -0.459 e. The smallest absolute Gasteiger partial charge is 0.338 e. The maximum absolute atomic E-state index is 12.5. The van der Waals surface area contributed by atoms with Crippen molar-refractivity contribution in [3.05, 3.63) is 58.1 Å². The average Bonchev–Trinajstić information content (AvgIpc) is 2.61. The molecule has 0 aromatic heterocycles. The summed E-state index contributed by atoms with van der Waals surface area (Å²) in [6.45, 7) is 3.52. The van der Waals surface area contributed by atoms with Gasteiger partial charge in [0.2, 0.25) is 10.0 Å². The summed E-state index contributed by atoms with van der Waals surface area (Å²) in [4.78, 5) is 24.4. The molecule has 2 aromatic rings. The molecule has 1 N–H and O–H groups in total. The number of carbonyl (C=O) groups excluding carboxylic acids is 2. The molecule has 0 aliphatic rings. The molecule has 0 aliphatic heterocycles. The Balaban J connectivity index is 2.21. The Morgan fingerprint density at radius 2 is 1.61 bits per heavy atom. The average molecular weight is 469 g/mol. The highest BCUT2D eigenvalue weighted by atomic mass is 79.9. The number of carbonyl (C=O) groups is 2. The van der Waals surface area contributed by atoms with Gasteiger partial charge in [-0.25, -0.2) is 17.5 Å². The normalized spacial score (nSPS) is 11.5. The first-order chi connectivity index (χ1) is 13.0. The quantitative estimate of drug-likeness (QED) is 0.654. The van der Waals surface area contributed by atoms with Crippen molar-refractivity contribution in [1.82, 2.24) is 4.31 Å². The molecule has 0 heterocycles. The zero-order valence-electron chi connectivity index (χ0n) is 15.9. The molecule has 0 spiro atoms. The third kappa shape index (κ3) is 5.18. The lowest BCUT2D eigenvalue weighted by atomic mass is 10.2. The predicted octanol–water partition coefficient (Wildman–Crippen LogP) is 3.52. The van der Waals surface area contributed by atoms with Gasteiger partial charge < -0.3 is 10.1 Å². The van der Waals surface area contributed by atoms with Crippen LogP contribution in [0.2, 0.25) is 0 Å². The van der Waals surface area contributed by atoms with Gasteiger partial charge in [-0.15, -0.1) is 0 Å². The van der Waals surface area contributed by atoms with E-state index in [0.717, 1.165) is 4.31 Å². The van der Waals surface area contributed by atoms with Crippen LogP contribution < -0.4 is 5.32 Å². The number of anilines is 1. The zero-order chi connectivity index (χ0) is 21.1. The Morgan fingerprint density at radius 1 is 1.04 bits per heavy atom. The minimum atomic E-state index is -3.71. The minimum absolute atomic E-state index is 0.00284. The zero-order valence-corrected chi connectivity index (χ0v) is 18.3. The number of hydrogen-bond donors (Lipinski definition) is 1. The number of ether oxygens (including phenoxy) is 1. The van der Waals surface area contributed by atoms with Gasteiger partial charge in [-0.1, -0.05) is 0 Å². The van der Waals surface area contributed by atoms with Crippen LogP contribution in [0.4, 0.5) is 5.69 Å². The summed E-state index contributed by atoms with van der Waals surface area (Å²) in [5.74, 6) is -0.917. The molecule has 2 rings (SSSR count). The van der Waals surface area contributed by atoms with Gasteiger partial charge in [0, 0.05) is 29.8 Å². The summed E-state index contributed by atoms with van der Waals surface area (Å²) in [5, 5.41) is 2.68. The van der Waals surface area contributed by atoms with Crippen molar-refractivity contribution in [3.63, 3.8) is 0 Å². The van der Waals surface area contributed by atoms with Crippen LogP contribution in [0.1, 0.15) is 34.6 Å². The molecule has 28 heavy (non-hydrogen) atoms. The van der Waals surface area contributed by atoms with Gasteiger partial charge >= 0.3 is 5.97 Å². The first-order valence-electron chi connectivity index (χ1n) is 8.37. The highest BCUT2D eigenvalue weighted by Gasteiger charge is 2.22. The summed E-state index contributed by atoms with van der Waals surface area (Å²) in [7, 11) is -0.872. The summed E-state index contributed by atoms with van der Waals surface area (Å²) >= 11 is 3.21. The van der Waals surface area contributed by atoms with E-state index in [0.29, 0.717) is 15.7 Å². The highest BCUT2D eigenvalue weighted by Crippen LogP contribution is 2.25. The predicted molar refractivity (Wildman–Crippen MR) is 110 cm³/mol. The third-order valence-electron chi connectivity index (χ3n) is 3.67. The highest BCUT2D eigenvalue weighted by molar-refractivity contribution is 9.10. The third-order valence-corrected chi connectivity index (χ3v) is 6.48. The number of hydrogen-bond acceptors (Lipinski definition) is 5. The number of halogens is 1. The fourth-order valence-electron chi connectivity index (χ4n) is 2.21. The summed E-state index contributed by atoms with van der Waals surface area (Å²) in [6, 6.07) is 10.6. The van der Waals surface area contributed by atoms with Crippen molar-refractivity contribution in [1.29, 1.82) is 0 Å². The van der Waals surface area contributed by atoms with Crippen LogP contribution in [0.15, 0.2) is 51.8 Å². The lowest BCUT2D eigenvalue weighted by molar-refractivity contribution is 0.0378. The number of sulfonamides is 1. The van der Waals surface area contributed by atoms with Crippen molar-refractivity contribution in [2.24, 2.45) is 0 Å². The molecule has 150 valence electrons. The molecule has 0 bridgehead atoms. The molecular formula is C19H21BrN2O5S. The van der Waals surface area contributed by atoms with Gasteiger partial charge in [0.05, 0.1) is 16.6 Å². The maximum Gasteiger partial charge on any atom is 0.338 e. The molecule has 0 radical (unpaired) electrons. The molecule has 0 fully saturated rings. The molecular weight excluding hydrogens is 448 g/mol. The van der Waals surface area contributed by atoms with E-state index in [4.69, 9.17) is 4.74 Å². The molecule has 0 aliphatic carbocycles. The molecule has 0 unspecified atom stereocenters. The van der Waals surface area contributed by atoms with Crippen molar-refractivity contribution < 1.29 is 22.7 Å². The largest absolute Gasteiger partial charge is 0.459 e. The van der Waals surface area contributed by atoms with Gasteiger partial charge in [0.1, 0.15) is 0 Å². The van der Waals surface area contributed by atoms with Crippen LogP contribution in [0, 0.1) is 0 Å². The van der Waals surface area contributed by atoms with Crippen molar-refractivity contribution in [3.8, 4) is 0 Å². The van der Waals surface area contributed by atoms with Crippen LogP contribution >= 0.6 is 15.9 Å².